The highest BCUT2D eigenvalue weighted by Crippen LogP contribution is 2.25. The van der Waals surface area contributed by atoms with Gasteiger partial charge in [0.25, 0.3) is 0 Å². The van der Waals surface area contributed by atoms with Crippen molar-refractivity contribution in [3.63, 3.8) is 0 Å². The van der Waals surface area contributed by atoms with Gasteiger partial charge in [0.2, 0.25) is 5.65 Å². The van der Waals surface area contributed by atoms with Crippen molar-refractivity contribution in [3.8, 4) is 5.69 Å². The second-order valence-corrected chi connectivity index (χ2v) is 7.12. The summed E-state index contributed by atoms with van der Waals surface area (Å²) in [4.78, 5) is 25.3. The predicted octanol–water partition coefficient (Wildman–Crippen LogP) is 2.80. The van der Waals surface area contributed by atoms with Crippen molar-refractivity contribution in [3.05, 3.63) is 62.0 Å². The number of rotatable bonds is 3. The Morgan fingerprint density at radius 1 is 1.20 bits per heavy atom. The molecule has 1 aliphatic carbocycles. The third-order valence-electron chi connectivity index (χ3n) is 4.98. The van der Waals surface area contributed by atoms with Crippen LogP contribution in [0.1, 0.15) is 31.2 Å². The minimum absolute atomic E-state index is 0.141. The lowest BCUT2D eigenvalue weighted by Gasteiger charge is -2.07. The lowest BCUT2D eigenvalue weighted by Crippen LogP contribution is -2.25. The smallest absolute Gasteiger partial charge is 0.280 e. The molecule has 0 spiro atoms. The van der Waals surface area contributed by atoms with Gasteiger partial charge in [-0.1, -0.05) is 30.5 Å². The molecule has 7 heteroatoms. The maximum atomic E-state index is 12.8. The van der Waals surface area contributed by atoms with Crippen molar-refractivity contribution in [2.24, 2.45) is 5.92 Å². The molecule has 2 heterocycles. The van der Waals surface area contributed by atoms with Gasteiger partial charge in [0.1, 0.15) is 0 Å². The standard InChI is InChI=1S/C18H19ClN4O2/c1-12-6-7-14(10-15(12)19)21-8-9-22-16(17(21)24)20-23(18(22)25)11-13-4-2-3-5-13/h6-10,13H,2-5,11H2,1H3. The molecule has 25 heavy (non-hydrogen) atoms. The topological polar surface area (TPSA) is 61.3 Å². The van der Waals surface area contributed by atoms with Gasteiger partial charge in [-0.15, -0.1) is 5.10 Å². The Morgan fingerprint density at radius 2 is 1.96 bits per heavy atom. The summed E-state index contributed by atoms with van der Waals surface area (Å²) in [5.41, 5.74) is 1.15. The van der Waals surface area contributed by atoms with Gasteiger partial charge < -0.3 is 0 Å². The molecule has 1 saturated carbocycles. The highest BCUT2D eigenvalue weighted by Gasteiger charge is 2.19. The van der Waals surface area contributed by atoms with E-state index in [2.05, 4.69) is 5.10 Å². The van der Waals surface area contributed by atoms with E-state index < -0.39 is 0 Å². The van der Waals surface area contributed by atoms with Gasteiger partial charge in [-0.2, -0.15) is 0 Å². The van der Waals surface area contributed by atoms with Gasteiger partial charge in [-0.05, 0) is 43.4 Å². The SMILES string of the molecule is Cc1ccc(-n2ccn3c(=O)n(CC4CCCC4)nc3c2=O)cc1Cl. The van der Waals surface area contributed by atoms with Gasteiger partial charge in [0.15, 0.2) is 0 Å². The van der Waals surface area contributed by atoms with Crippen molar-refractivity contribution in [1.29, 1.82) is 0 Å². The first-order valence-electron chi connectivity index (χ1n) is 8.52. The number of hydrogen-bond donors (Lipinski definition) is 0. The van der Waals surface area contributed by atoms with Crippen LogP contribution in [-0.4, -0.2) is 18.7 Å². The largest absolute Gasteiger partial charge is 0.350 e. The summed E-state index contributed by atoms with van der Waals surface area (Å²) in [7, 11) is 0. The van der Waals surface area contributed by atoms with Crippen LogP contribution in [-0.2, 0) is 6.54 Å². The molecule has 0 saturated heterocycles. The first-order valence-corrected chi connectivity index (χ1v) is 8.90. The monoisotopic (exact) mass is 358 g/mol. The van der Waals surface area contributed by atoms with Crippen molar-refractivity contribution < 1.29 is 0 Å². The van der Waals surface area contributed by atoms with Gasteiger partial charge in [0, 0.05) is 24.0 Å². The minimum Gasteiger partial charge on any atom is -0.280 e. The van der Waals surface area contributed by atoms with Crippen LogP contribution in [0, 0.1) is 12.8 Å². The summed E-state index contributed by atoms with van der Waals surface area (Å²) in [5, 5.41) is 4.89. The summed E-state index contributed by atoms with van der Waals surface area (Å²) < 4.78 is 4.22. The van der Waals surface area contributed by atoms with Gasteiger partial charge >= 0.3 is 11.2 Å². The molecule has 1 aliphatic rings. The molecule has 3 aromatic rings. The zero-order valence-electron chi connectivity index (χ0n) is 14.0. The second kappa shape index (κ2) is 6.19. The van der Waals surface area contributed by atoms with E-state index in [0.717, 1.165) is 18.4 Å². The minimum atomic E-state index is -0.329. The van der Waals surface area contributed by atoms with E-state index in [1.807, 2.05) is 19.1 Å². The quantitative estimate of drug-likeness (QED) is 0.723. The molecule has 0 N–H and O–H groups in total. The molecule has 6 nitrogen and oxygen atoms in total. The summed E-state index contributed by atoms with van der Waals surface area (Å²) in [5.74, 6) is 0.473. The Kier molecular flexibility index (Phi) is 4.00. The molecule has 2 aromatic heterocycles. The number of benzene rings is 1. The Bertz CT molecular complexity index is 1060. The molecule has 4 rings (SSSR count). The fourth-order valence-electron chi connectivity index (χ4n) is 3.50. The van der Waals surface area contributed by atoms with Crippen LogP contribution < -0.4 is 11.2 Å². The third kappa shape index (κ3) is 2.80. The number of nitrogens with zero attached hydrogens (tertiary/aromatic N) is 4. The Morgan fingerprint density at radius 3 is 2.68 bits per heavy atom. The lowest BCUT2D eigenvalue weighted by molar-refractivity contribution is 0.420. The fourth-order valence-corrected chi connectivity index (χ4v) is 3.68. The molecule has 0 atom stereocenters. The van der Waals surface area contributed by atoms with Crippen LogP contribution in [0.25, 0.3) is 11.3 Å². The Hall–Kier alpha value is -2.34. The molecule has 0 radical (unpaired) electrons. The molecule has 0 aliphatic heterocycles. The molecule has 1 fully saturated rings. The summed E-state index contributed by atoms with van der Waals surface area (Å²) in [6.07, 6.45) is 7.81. The molecular weight excluding hydrogens is 340 g/mol. The number of hydrogen-bond acceptors (Lipinski definition) is 3. The number of aromatic nitrogens is 4. The number of halogens is 1. The number of aryl methyl sites for hydroxylation is 1. The first-order chi connectivity index (χ1) is 12.0. The zero-order valence-corrected chi connectivity index (χ0v) is 14.7. The fraction of sp³-hybridized carbons (Fsp3) is 0.389. The summed E-state index contributed by atoms with van der Waals surface area (Å²) >= 11 is 6.17. The van der Waals surface area contributed by atoms with Crippen molar-refractivity contribution in [2.45, 2.75) is 39.2 Å². The lowest BCUT2D eigenvalue weighted by atomic mass is 10.1. The molecule has 0 unspecified atom stereocenters. The van der Waals surface area contributed by atoms with E-state index in [-0.39, 0.29) is 16.9 Å². The average molecular weight is 359 g/mol. The second-order valence-electron chi connectivity index (χ2n) is 6.72. The molecular formula is C18H19ClN4O2. The van der Waals surface area contributed by atoms with E-state index in [9.17, 15) is 9.59 Å². The maximum absolute atomic E-state index is 12.8. The van der Waals surface area contributed by atoms with E-state index in [0.29, 0.717) is 23.2 Å². The van der Waals surface area contributed by atoms with Crippen molar-refractivity contribution in [1.82, 2.24) is 18.7 Å². The Labute approximate surface area is 149 Å². The molecule has 0 amide bonds. The van der Waals surface area contributed by atoms with Crippen LogP contribution in [0.3, 0.4) is 0 Å². The first kappa shape index (κ1) is 16.1. The van der Waals surface area contributed by atoms with Crippen molar-refractivity contribution >= 4 is 17.2 Å². The number of fused-ring (bicyclic) bond motifs is 1. The van der Waals surface area contributed by atoms with Crippen LogP contribution in [0.5, 0.6) is 0 Å². The van der Waals surface area contributed by atoms with Crippen molar-refractivity contribution in [2.75, 3.05) is 0 Å². The van der Waals surface area contributed by atoms with E-state index >= 15 is 0 Å². The van der Waals surface area contributed by atoms with Crippen LogP contribution in [0.15, 0.2) is 40.2 Å². The average Bonchev–Trinajstić information content (AvgIpc) is 3.21. The van der Waals surface area contributed by atoms with Crippen LogP contribution in [0.2, 0.25) is 5.02 Å². The maximum Gasteiger partial charge on any atom is 0.350 e. The van der Waals surface area contributed by atoms with E-state index in [4.69, 9.17) is 11.6 Å². The summed E-state index contributed by atoms with van der Waals surface area (Å²) in [6, 6.07) is 5.42. The highest BCUT2D eigenvalue weighted by atomic mass is 35.5. The van der Waals surface area contributed by atoms with E-state index in [1.54, 1.807) is 18.5 Å². The van der Waals surface area contributed by atoms with Crippen LogP contribution in [0.4, 0.5) is 0 Å². The van der Waals surface area contributed by atoms with Gasteiger partial charge in [0.05, 0.1) is 5.69 Å². The molecule has 0 bridgehead atoms. The van der Waals surface area contributed by atoms with Gasteiger partial charge in [-0.25, -0.2) is 13.9 Å². The zero-order chi connectivity index (χ0) is 17.6. The van der Waals surface area contributed by atoms with E-state index in [1.165, 1.54) is 26.5 Å². The normalized spacial score (nSPS) is 15.3. The van der Waals surface area contributed by atoms with Gasteiger partial charge in [-0.3, -0.25) is 9.36 Å². The summed E-state index contributed by atoms with van der Waals surface area (Å²) in [6.45, 7) is 2.48. The molecule has 1 aromatic carbocycles. The molecule has 130 valence electrons. The van der Waals surface area contributed by atoms with Crippen LogP contribution >= 0.6 is 11.6 Å². The predicted molar refractivity (Wildman–Crippen MR) is 96.8 cm³/mol. The Balaban J connectivity index is 1.80. The third-order valence-corrected chi connectivity index (χ3v) is 5.39. The highest BCUT2D eigenvalue weighted by molar-refractivity contribution is 6.31.